The van der Waals surface area contributed by atoms with Crippen molar-refractivity contribution < 1.29 is 9.18 Å². The number of halogens is 1. The van der Waals surface area contributed by atoms with Crippen molar-refractivity contribution >= 4 is 17.2 Å². The lowest BCUT2D eigenvalue weighted by molar-refractivity contribution is 0.0741. The summed E-state index contributed by atoms with van der Waals surface area (Å²) in [5.41, 5.74) is 3.51. The Morgan fingerprint density at radius 1 is 0.933 bits per heavy atom. The van der Waals surface area contributed by atoms with Gasteiger partial charge in [0.1, 0.15) is 17.2 Å². The first-order chi connectivity index (χ1) is 14.7. The number of amides is 1. The first-order valence-electron chi connectivity index (χ1n) is 9.88. The summed E-state index contributed by atoms with van der Waals surface area (Å²) < 4.78 is 15.1. The number of hydrogen-bond donors (Lipinski definition) is 0. The summed E-state index contributed by atoms with van der Waals surface area (Å²) in [4.78, 5) is 26.2. The highest BCUT2D eigenvalue weighted by atomic mass is 19.1. The van der Waals surface area contributed by atoms with E-state index < -0.39 is 0 Å². The molecule has 30 heavy (non-hydrogen) atoms. The fourth-order valence-electron chi connectivity index (χ4n) is 3.80. The summed E-state index contributed by atoms with van der Waals surface area (Å²) in [7, 11) is 0. The average molecular weight is 401 g/mol. The van der Waals surface area contributed by atoms with Crippen molar-refractivity contribution in [1.82, 2.24) is 19.3 Å². The Morgan fingerprint density at radius 3 is 2.40 bits per heavy atom. The van der Waals surface area contributed by atoms with Gasteiger partial charge in [-0.2, -0.15) is 0 Å². The van der Waals surface area contributed by atoms with Gasteiger partial charge in [-0.15, -0.1) is 0 Å². The molecular formula is C23H20FN5O. The Bertz CT molecular complexity index is 1180. The second-order valence-electron chi connectivity index (χ2n) is 7.25. The van der Waals surface area contributed by atoms with Crippen molar-refractivity contribution in [3.8, 4) is 11.3 Å². The van der Waals surface area contributed by atoms with Gasteiger partial charge in [0, 0.05) is 56.0 Å². The van der Waals surface area contributed by atoms with Crippen LogP contribution in [0.15, 0.2) is 73.2 Å². The summed E-state index contributed by atoms with van der Waals surface area (Å²) in [6, 6.07) is 16.3. The Labute approximate surface area is 173 Å². The maximum atomic E-state index is 13.3. The van der Waals surface area contributed by atoms with E-state index in [1.54, 1.807) is 35.1 Å². The van der Waals surface area contributed by atoms with Crippen LogP contribution in [-0.2, 0) is 0 Å². The van der Waals surface area contributed by atoms with E-state index in [9.17, 15) is 9.18 Å². The number of carbonyl (C=O) groups excluding carboxylic acids is 1. The Kier molecular flexibility index (Phi) is 4.63. The Balaban J connectivity index is 1.37. The van der Waals surface area contributed by atoms with Crippen LogP contribution in [0.3, 0.4) is 0 Å². The molecular weight excluding hydrogens is 381 g/mol. The molecule has 4 aromatic rings. The van der Waals surface area contributed by atoms with E-state index in [1.165, 1.54) is 17.8 Å². The topological polar surface area (TPSA) is 53.7 Å². The van der Waals surface area contributed by atoms with Crippen LogP contribution in [0.2, 0.25) is 0 Å². The monoisotopic (exact) mass is 401 g/mol. The first kappa shape index (κ1) is 18.3. The lowest BCUT2D eigenvalue weighted by Crippen LogP contribution is -2.48. The van der Waals surface area contributed by atoms with Crippen LogP contribution in [0.25, 0.3) is 16.9 Å². The van der Waals surface area contributed by atoms with E-state index in [0.717, 1.165) is 18.7 Å². The number of piperazine rings is 1. The van der Waals surface area contributed by atoms with Gasteiger partial charge in [-0.3, -0.25) is 9.78 Å². The van der Waals surface area contributed by atoms with Crippen LogP contribution in [0, 0.1) is 5.82 Å². The second kappa shape index (κ2) is 7.59. The summed E-state index contributed by atoms with van der Waals surface area (Å²) >= 11 is 0. The second-order valence-corrected chi connectivity index (χ2v) is 7.25. The number of imidazole rings is 1. The minimum Gasteiger partial charge on any atom is -0.368 e. The number of rotatable bonds is 3. The van der Waals surface area contributed by atoms with Gasteiger partial charge < -0.3 is 14.2 Å². The minimum atomic E-state index is -0.306. The molecule has 7 heteroatoms. The van der Waals surface area contributed by atoms with Gasteiger partial charge in [-0.25, -0.2) is 9.37 Å². The van der Waals surface area contributed by atoms with Crippen molar-refractivity contribution in [3.63, 3.8) is 0 Å². The number of aromatic nitrogens is 3. The maximum absolute atomic E-state index is 13.3. The van der Waals surface area contributed by atoms with Crippen LogP contribution >= 0.6 is 0 Å². The molecule has 1 aliphatic heterocycles. The van der Waals surface area contributed by atoms with Crippen molar-refractivity contribution in [2.24, 2.45) is 0 Å². The molecule has 0 spiro atoms. The largest absolute Gasteiger partial charge is 0.368 e. The van der Waals surface area contributed by atoms with Gasteiger partial charge >= 0.3 is 0 Å². The first-order valence-corrected chi connectivity index (χ1v) is 9.88. The third-order valence-electron chi connectivity index (χ3n) is 5.40. The van der Waals surface area contributed by atoms with Crippen molar-refractivity contribution in [3.05, 3.63) is 84.7 Å². The van der Waals surface area contributed by atoms with Crippen LogP contribution in [-0.4, -0.2) is 51.4 Å². The molecule has 5 rings (SSSR count). The third-order valence-corrected chi connectivity index (χ3v) is 5.40. The van der Waals surface area contributed by atoms with E-state index >= 15 is 0 Å². The van der Waals surface area contributed by atoms with Gasteiger partial charge in [-0.05, 0) is 36.4 Å². The molecule has 0 aliphatic carbocycles. The van der Waals surface area contributed by atoms with Crippen molar-refractivity contribution in [1.29, 1.82) is 0 Å². The van der Waals surface area contributed by atoms with Crippen LogP contribution in [0.4, 0.5) is 10.1 Å². The van der Waals surface area contributed by atoms with E-state index in [-0.39, 0.29) is 11.7 Å². The number of benzene rings is 2. The average Bonchev–Trinajstić information content (AvgIpc) is 3.24. The number of fused-ring (bicyclic) bond motifs is 1. The summed E-state index contributed by atoms with van der Waals surface area (Å²) in [6.07, 6.45) is 5.15. The Morgan fingerprint density at radius 2 is 1.67 bits per heavy atom. The zero-order valence-electron chi connectivity index (χ0n) is 16.3. The van der Waals surface area contributed by atoms with Gasteiger partial charge in [0.25, 0.3) is 5.91 Å². The zero-order chi connectivity index (χ0) is 20.5. The van der Waals surface area contributed by atoms with E-state index in [1.807, 2.05) is 23.1 Å². The standard InChI is InChI=1S/C23H20FN5O/c24-18-8-6-17(7-9-18)21-22-26-20(16-29(22)11-10-25-21)23(30)28-14-12-27(13-15-28)19-4-2-1-3-5-19/h1-11,16H,12-15H2. The normalized spacial score (nSPS) is 14.3. The third kappa shape index (κ3) is 3.39. The molecule has 0 N–H and O–H groups in total. The molecule has 150 valence electrons. The predicted molar refractivity (Wildman–Crippen MR) is 113 cm³/mol. The van der Waals surface area contributed by atoms with Crippen molar-refractivity contribution in [2.75, 3.05) is 31.1 Å². The summed E-state index contributed by atoms with van der Waals surface area (Å²) in [6.45, 7) is 2.85. The summed E-state index contributed by atoms with van der Waals surface area (Å²) in [5, 5.41) is 0. The van der Waals surface area contributed by atoms with Crippen LogP contribution in [0.5, 0.6) is 0 Å². The zero-order valence-corrected chi connectivity index (χ0v) is 16.3. The molecule has 0 saturated carbocycles. The number of carbonyl (C=O) groups is 1. The number of para-hydroxylation sites is 1. The van der Waals surface area contributed by atoms with Crippen LogP contribution < -0.4 is 4.90 Å². The van der Waals surface area contributed by atoms with Gasteiger partial charge in [-0.1, -0.05) is 18.2 Å². The fourth-order valence-corrected chi connectivity index (χ4v) is 3.80. The molecule has 2 aromatic heterocycles. The Hall–Kier alpha value is -3.74. The lowest BCUT2D eigenvalue weighted by Gasteiger charge is -2.35. The molecule has 0 bridgehead atoms. The molecule has 0 atom stereocenters. The molecule has 6 nitrogen and oxygen atoms in total. The predicted octanol–water partition coefficient (Wildman–Crippen LogP) is 3.50. The maximum Gasteiger partial charge on any atom is 0.274 e. The molecule has 2 aromatic carbocycles. The summed E-state index contributed by atoms with van der Waals surface area (Å²) in [5.74, 6) is -0.393. The van der Waals surface area contributed by atoms with Gasteiger partial charge in [0.2, 0.25) is 0 Å². The highest BCUT2D eigenvalue weighted by Crippen LogP contribution is 2.23. The van der Waals surface area contributed by atoms with E-state index in [2.05, 4.69) is 27.0 Å². The van der Waals surface area contributed by atoms with Gasteiger partial charge in [0.05, 0.1) is 0 Å². The SMILES string of the molecule is O=C(c1cn2ccnc(-c3ccc(F)cc3)c2n1)N1CCN(c2ccccc2)CC1. The molecule has 3 heterocycles. The number of hydrogen-bond acceptors (Lipinski definition) is 4. The van der Waals surface area contributed by atoms with E-state index in [0.29, 0.717) is 30.1 Å². The van der Waals surface area contributed by atoms with Crippen molar-refractivity contribution in [2.45, 2.75) is 0 Å². The number of nitrogens with zero attached hydrogens (tertiary/aromatic N) is 5. The smallest absolute Gasteiger partial charge is 0.274 e. The van der Waals surface area contributed by atoms with Crippen LogP contribution in [0.1, 0.15) is 10.5 Å². The molecule has 1 amide bonds. The lowest BCUT2D eigenvalue weighted by atomic mass is 10.1. The minimum absolute atomic E-state index is 0.0866. The fraction of sp³-hybridized carbons (Fsp3) is 0.174. The van der Waals surface area contributed by atoms with Gasteiger partial charge in [0.15, 0.2) is 5.65 Å². The molecule has 0 unspecified atom stereocenters. The van der Waals surface area contributed by atoms with E-state index in [4.69, 9.17) is 0 Å². The highest BCUT2D eigenvalue weighted by molar-refractivity contribution is 5.94. The number of anilines is 1. The molecule has 1 aliphatic rings. The quantitative estimate of drug-likeness (QED) is 0.527. The highest BCUT2D eigenvalue weighted by Gasteiger charge is 2.24. The molecule has 0 radical (unpaired) electrons. The molecule has 1 saturated heterocycles. The molecule has 1 fully saturated rings.